The van der Waals surface area contributed by atoms with Gasteiger partial charge in [-0.1, -0.05) is 12.1 Å². The van der Waals surface area contributed by atoms with E-state index in [-0.39, 0.29) is 30.2 Å². The Bertz CT molecular complexity index is 969. The molecule has 0 bridgehead atoms. The molecule has 9 nitrogen and oxygen atoms in total. The fraction of sp³-hybridized carbons (Fsp3) is 0.286. The molecule has 0 fully saturated rings. The first-order valence-electron chi connectivity index (χ1n) is 9.33. The van der Waals surface area contributed by atoms with Crippen LogP contribution in [0.1, 0.15) is 10.4 Å². The van der Waals surface area contributed by atoms with Crippen LogP contribution in [0.5, 0.6) is 17.2 Å². The van der Waals surface area contributed by atoms with Crippen molar-refractivity contribution >= 4 is 15.9 Å². The van der Waals surface area contributed by atoms with Crippen molar-refractivity contribution in [2.75, 3.05) is 33.9 Å². The fourth-order valence-electron chi connectivity index (χ4n) is 2.55. The van der Waals surface area contributed by atoms with Crippen molar-refractivity contribution in [3.63, 3.8) is 0 Å². The predicted molar refractivity (Wildman–Crippen MR) is 115 cm³/mol. The van der Waals surface area contributed by atoms with Gasteiger partial charge in [-0.25, -0.2) is 13.1 Å². The molecule has 0 aliphatic heterocycles. The lowest BCUT2D eigenvalue weighted by atomic mass is 10.2. The molecule has 1 atom stereocenters. The van der Waals surface area contributed by atoms with E-state index in [9.17, 15) is 18.3 Å². The molecular weight excluding hydrogens is 424 g/mol. The summed E-state index contributed by atoms with van der Waals surface area (Å²) in [5.74, 6) is 0.790. The molecule has 0 aromatic heterocycles. The molecule has 0 heterocycles. The molecular formula is C21H26N2O7S. The molecule has 31 heavy (non-hydrogen) atoms. The van der Waals surface area contributed by atoms with E-state index in [1.54, 1.807) is 18.2 Å². The summed E-state index contributed by atoms with van der Waals surface area (Å²) in [4.78, 5) is 12.3. The normalized spacial score (nSPS) is 12.0. The molecule has 0 aliphatic carbocycles. The van der Waals surface area contributed by atoms with Crippen molar-refractivity contribution in [3.05, 3.63) is 60.7 Å². The Morgan fingerprint density at radius 3 is 2.29 bits per heavy atom. The Kier molecular flexibility index (Phi) is 8.86. The van der Waals surface area contributed by atoms with Crippen LogP contribution in [0.25, 0.3) is 0 Å². The minimum atomic E-state index is -3.67. The van der Waals surface area contributed by atoms with Gasteiger partial charge < -0.3 is 24.6 Å². The molecule has 0 saturated heterocycles. The smallest absolute Gasteiger partial charge is 0.251 e. The summed E-state index contributed by atoms with van der Waals surface area (Å²) in [7, 11) is -0.685. The van der Waals surface area contributed by atoms with E-state index >= 15 is 0 Å². The van der Waals surface area contributed by atoms with Crippen LogP contribution in [0.4, 0.5) is 0 Å². The van der Waals surface area contributed by atoms with Gasteiger partial charge in [0, 0.05) is 18.7 Å². The molecule has 2 aromatic carbocycles. The molecule has 0 aliphatic rings. The maximum Gasteiger partial charge on any atom is 0.251 e. The second-order valence-corrected chi connectivity index (χ2v) is 8.10. The number of hydrogen-bond acceptors (Lipinski definition) is 7. The summed E-state index contributed by atoms with van der Waals surface area (Å²) >= 11 is 0. The zero-order valence-corrected chi connectivity index (χ0v) is 18.1. The summed E-state index contributed by atoms with van der Waals surface area (Å²) in [6.45, 7) is 3.38. The molecule has 2 rings (SSSR count). The zero-order valence-electron chi connectivity index (χ0n) is 17.3. The van der Waals surface area contributed by atoms with Crippen LogP contribution in [0.2, 0.25) is 0 Å². The van der Waals surface area contributed by atoms with Gasteiger partial charge in [-0.15, -0.1) is 6.58 Å². The van der Waals surface area contributed by atoms with E-state index in [0.717, 1.165) is 0 Å². The quantitative estimate of drug-likeness (QED) is 0.417. The number of carbonyl (C=O) groups is 1. The van der Waals surface area contributed by atoms with Crippen LogP contribution in [0.15, 0.2) is 60.0 Å². The number of rotatable bonds is 12. The van der Waals surface area contributed by atoms with E-state index in [0.29, 0.717) is 17.2 Å². The van der Waals surface area contributed by atoms with Crippen LogP contribution in [-0.4, -0.2) is 59.5 Å². The van der Waals surface area contributed by atoms with Crippen LogP contribution < -0.4 is 24.2 Å². The van der Waals surface area contributed by atoms with E-state index in [1.165, 1.54) is 44.6 Å². The van der Waals surface area contributed by atoms with Crippen molar-refractivity contribution in [2.45, 2.75) is 11.0 Å². The first-order chi connectivity index (χ1) is 14.8. The summed E-state index contributed by atoms with van der Waals surface area (Å²) < 4.78 is 42.5. The number of nitrogens with one attached hydrogen (secondary N) is 2. The van der Waals surface area contributed by atoms with Gasteiger partial charge >= 0.3 is 0 Å². The number of aliphatic hydroxyl groups excluding tert-OH is 1. The Balaban J connectivity index is 1.91. The Morgan fingerprint density at radius 1 is 1.13 bits per heavy atom. The van der Waals surface area contributed by atoms with Crippen LogP contribution in [-0.2, 0) is 10.0 Å². The van der Waals surface area contributed by atoms with E-state index in [1.807, 2.05) is 0 Å². The molecule has 0 saturated carbocycles. The number of aliphatic hydroxyl groups is 1. The summed E-state index contributed by atoms with van der Waals surface area (Å²) in [6.07, 6.45) is 0.430. The SMILES string of the molecule is C=CCNS(=O)(=O)c1ccc(C(=O)NCC(O)COc2c(OC)cccc2OC)cc1. The highest BCUT2D eigenvalue weighted by molar-refractivity contribution is 7.89. The third kappa shape index (κ3) is 6.71. The number of sulfonamides is 1. The summed E-state index contributed by atoms with van der Waals surface area (Å²) in [5, 5.41) is 12.7. The second kappa shape index (κ2) is 11.3. The number of carbonyl (C=O) groups excluding carboxylic acids is 1. The number of ether oxygens (including phenoxy) is 3. The highest BCUT2D eigenvalue weighted by Gasteiger charge is 2.16. The molecule has 1 amide bonds. The van der Waals surface area contributed by atoms with Crippen LogP contribution in [0.3, 0.4) is 0 Å². The Labute approximate surface area is 181 Å². The highest BCUT2D eigenvalue weighted by atomic mass is 32.2. The number of hydrogen-bond donors (Lipinski definition) is 3. The van der Waals surface area contributed by atoms with Gasteiger partial charge in [0.05, 0.1) is 19.1 Å². The van der Waals surface area contributed by atoms with Crippen LogP contribution in [0, 0.1) is 0 Å². The second-order valence-electron chi connectivity index (χ2n) is 6.33. The number of amides is 1. The number of benzene rings is 2. The zero-order chi connectivity index (χ0) is 22.9. The van der Waals surface area contributed by atoms with Crippen molar-refractivity contribution in [3.8, 4) is 17.2 Å². The Morgan fingerprint density at radius 2 is 1.74 bits per heavy atom. The largest absolute Gasteiger partial charge is 0.493 e. The molecule has 0 radical (unpaired) electrons. The lowest BCUT2D eigenvalue weighted by molar-refractivity contribution is 0.0833. The van der Waals surface area contributed by atoms with Crippen molar-refractivity contribution in [1.29, 1.82) is 0 Å². The third-order valence-corrected chi connectivity index (χ3v) is 5.58. The van der Waals surface area contributed by atoms with Crippen LogP contribution >= 0.6 is 0 Å². The first kappa shape index (κ1) is 24.2. The standard InChI is InChI=1S/C21H26N2O7S/c1-4-12-23-31(26,27)17-10-8-15(9-11-17)21(25)22-13-16(24)14-30-20-18(28-2)6-5-7-19(20)29-3/h4-11,16,23-24H,1,12-14H2,2-3H3,(H,22,25). The first-order valence-corrected chi connectivity index (χ1v) is 10.8. The van der Waals surface area contributed by atoms with E-state index < -0.39 is 22.0 Å². The third-order valence-electron chi connectivity index (χ3n) is 4.15. The monoisotopic (exact) mass is 450 g/mol. The average Bonchev–Trinajstić information content (AvgIpc) is 2.79. The topological polar surface area (TPSA) is 123 Å². The maximum atomic E-state index is 12.3. The van der Waals surface area contributed by atoms with Gasteiger partial charge in [0.25, 0.3) is 5.91 Å². The molecule has 3 N–H and O–H groups in total. The van der Waals surface area contributed by atoms with Crippen molar-refractivity contribution < 1.29 is 32.5 Å². The van der Waals surface area contributed by atoms with Crippen molar-refractivity contribution in [1.82, 2.24) is 10.0 Å². The molecule has 168 valence electrons. The van der Waals surface area contributed by atoms with Gasteiger partial charge in [0.2, 0.25) is 15.8 Å². The molecule has 0 spiro atoms. The molecule has 10 heteroatoms. The lowest BCUT2D eigenvalue weighted by Gasteiger charge is -2.17. The van der Waals surface area contributed by atoms with E-state index in [2.05, 4.69) is 16.6 Å². The number of para-hydroxylation sites is 1. The predicted octanol–water partition coefficient (Wildman–Crippen LogP) is 1.34. The van der Waals surface area contributed by atoms with Crippen molar-refractivity contribution in [2.24, 2.45) is 0 Å². The van der Waals surface area contributed by atoms with Gasteiger partial charge in [0.1, 0.15) is 12.7 Å². The minimum absolute atomic E-state index is 0.0325. The molecule has 2 aromatic rings. The average molecular weight is 451 g/mol. The van der Waals surface area contributed by atoms with Gasteiger partial charge in [0.15, 0.2) is 11.5 Å². The van der Waals surface area contributed by atoms with E-state index in [4.69, 9.17) is 14.2 Å². The summed E-state index contributed by atoms with van der Waals surface area (Å²) in [6, 6.07) is 10.6. The van der Waals surface area contributed by atoms with Gasteiger partial charge in [-0.2, -0.15) is 0 Å². The Hall–Kier alpha value is -3.08. The minimum Gasteiger partial charge on any atom is -0.493 e. The molecule has 1 unspecified atom stereocenters. The lowest BCUT2D eigenvalue weighted by Crippen LogP contribution is -2.35. The highest BCUT2D eigenvalue weighted by Crippen LogP contribution is 2.36. The van der Waals surface area contributed by atoms with Gasteiger partial charge in [-0.05, 0) is 36.4 Å². The summed E-state index contributed by atoms with van der Waals surface area (Å²) in [5.41, 5.74) is 0.252. The number of methoxy groups -OCH3 is 2. The fourth-order valence-corrected chi connectivity index (χ4v) is 3.55. The maximum absolute atomic E-state index is 12.3. The van der Waals surface area contributed by atoms with Gasteiger partial charge in [-0.3, -0.25) is 4.79 Å².